The van der Waals surface area contributed by atoms with Crippen LogP contribution < -0.4 is 0 Å². The Hall–Kier alpha value is -2.31. The van der Waals surface area contributed by atoms with Gasteiger partial charge in [-0.05, 0) is 55.0 Å². The number of aliphatic hydroxyl groups is 2. The highest BCUT2D eigenvalue weighted by molar-refractivity contribution is 7.90. The topological polar surface area (TPSA) is 121 Å². The first-order valence-electron chi connectivity index (χ1n) is 14.0. The molecule has 0 amide bonds. The molecule has 5 aliphatic rings. The van der Waals surface area contributed by atoms with E-state index in [1.165, 1.54) is 24.3 Å². The summed E-state index contributed by atoms with van der Waals surface area (Å²) < 4.78 is 56.8. The number of sulfone groups is 1. The van der Waals surface area contributed by atoms with Crippen LogP contribution in [0.4, 0.5) is 8.78 Å². The fraction of sp³-hybridized carbons (Fsp3) is 0.600. The number of fused-ring (bicyclic) bond motifs is 7. The largest absolute Gasteiger partial charge is 0.390 e. The highest BCUT2D eigenvalue weighted by Gasteiger charge is 2.79. The van der Waals surface area contributed by atoms with Crippen molar-refractivity contribution in [2.45, 2.75) is 68.3 Å². The van der Waals surface area contributed by atoms with E-state index in [0.717, 1.165) is 11.8 Å². The first kappa shape index (κ1) is 28.8. The van der Waals surface area contributed by atoms with E-state index in [9.17, 15) is 28.2 Å². The maximum Gasteiger partial charge on any atom is 0.192 e. The lowest BCUT2D eigenvalue weighted by molar-refractivity contribution is -0.267. The maximum atomic E-state index is 17.5. The number of benzene rings is 1. The number of allylic oxidation sites excluding steroid dienone is 4. The predicted molar refractivity (Wildman–Crippen MR) is 143 cm³/mol. The molecule has 3 fully saturated rings. The monoisotopic (exact) mass is 591 g/mol. The zero-order valence-corrected chi connectivity index (χ0v) is 24.1. The molecule has 2 N–H and O–H groups in total. The summed E-state index contributed by atoms with van der Waals surface area (Å²) in [6, 6.07) is 6.33. The van der Waals surface area contributed by atoms with Crippen molar-refractivity contribution in [3.63, 3.8) is 0 Å². The van der Waals surface area contributed by atoms with E-state index in [-0.39, 0.29) is 48.6 Å². The minimum absolute atomic E-state index is 0.0788. The van der Waals surface area contributed by atoms with Crippen molar-refractivity contribution in [3.05, 3.63) is 53.4 Å². The fourth-order valence-corrected chi connectivity index (χ4v) is 9.68. The van der Waals surface area contributed by atoms with Crippen molar-refractivity contribution in [2.75, 3.05) is 19.4 Å². The minimum Gasteiger partial charge on any atom is -0.390 e. The van der Waals surface area contributed by atoms with Crippen LogP contribution in [0.2, 0.25) is 0 Å². The molecule has 0 spiro atoms. The van der Waals surface area contributed by atoms with Crippen molar-refractivity contribution in [2.24, 2.45) is 28.6 Å². The molecular formula is C30H35F2NO7S. The fourth-order valence-electron chi connectivity index (χ4n) is 9.05. The van der Waals surface area contributed by atoms with E-state index in [1.54, 1.807) is 31.0 Å². The van der Waals surface area contributed by atoms with Crippen molar-refractivity contribution in [1.29, 1.82) is 0 Å². The molecule has 11 heteroatoms. The highest BCUT2D eigenvalue weighted by Crippen LogP contribution is 2.72. The van der Waals surface area contributed by atoms with Gasteiger partial charge in [0.1, 0.15) is 12.4 Å². The quantitative estimate of drug-likeness (QED) is 0.536. The van der Waals surface area contributed by atoms with E-state index >= 15 is 8.78 Å². The summed E-state index contributed by atoms with van der Waals surface area (Å²) in [5.41, 5.74) is -5.62. The van der Waals surface area contributed by atoms with Crippen molar-refractivity contribution >= 4 is 21.4 Å². The lowest BCUT2D eigenvalue weighted by atomic mass is 9.45. The number of carbonyl (C=O) groups excluding carboxylic acids is 2. The zero-order chi connectivity index (χ0) is 29.8. The van der Waals surface area contributed by atoms with Gasteiger partial charge in [0.15, 0.2) is 32.7 Å². The van der Waals surface area contributed by atoms with Crippen LogP contribution in [0.15, 0.2) is 52.7 Å². The SMILES string of the molecule is C[C@]12C=CC(=O)CC1=C(F)C[C@H]1[C@@H]3C[C@H]4CN(Cc5ccc(S(C)(=O)=O)cc5)O[C@@]4(C(=O)CO)[C@@]3(C)C[C@H](O)[C@@]12F. The average molecular weight is 592 g/mol. The van der Waals surface area contributed by atoms with Crippen LogP contribution in [0.3, 0.4) is 0 Å². The molecule has 8 nitrogen and oxygen atoms in total. The summed E-state index contributed by atoms with van der Waals surface area (Å²) in [6.07, 6.45) is 1.87. The smallest absolute Gasteiger partial charge is 0.192 e. The van der Waals surface area contributed by atoms with Crippen molar-refractivity contribution < 1.29 is 41.8 Å². The molecule has 0 aromatic heterocycles. The maximum absolute atomic E-state index is 17.5. The highest BCUT2D eigenvalue weighted by atomic mass is 32.2. The Balaban J connectivity index is 1.36. The summed E-state index contributed by atoms with van der Waals surface area (Å²) in [5.74, 6) is -3.39. The first-order chi connectivity index (χ1) is 19.1. The Bertz CT molecular complexity index is 1490. The predicted octanol–water partition coefficient (Wildman–Crippen LogP) is 3.03. The van der Waals surface area contributed by atoms with Gasteiger partial charge in [-0.3, -0.25) is 14.4 Å². The number of ketones is 2. The lowest BCUT2D eigenvalue weighted by Gasteiger charge is -2.62. The summed E-state index contributed by atoms with van der Waals surface area (Å²) >= 11 is 0. The molecule has 0 radical (unpaired) electrons. The van der Waals surface area contributed by atoms with Crippen LogP contribution >= 0.6 is 0 Å². The molecule has 1 aromatic rings. The normalized spacial score (nSPS) is 42.1. The number of rotatable bonds is 5. The molecule has 0 unspecified atom stereocenters. The van der Waals surface area contributed by atoms with Crippen molar-refractivity contribution in [3.8, 4) is 0 Å². The summed E-state index contributed by atoms with van der Waals surface area (Å²) in [5, 5.41) is 23.3. The molecule has 1 saturated heterocycles. The van der Waals surface area contributed by atoms with E-state index in [0.29, 0.717) is 6.42 Å². The number of carbonyl (C=O) groups is 2. The number of Topliss-reactive ketones (excluding diaryl/α,β-unsaturated/α-hetero) is 1. The van der Waals surface area contributed by atoms with Gasteiger partial charge in [-0.15, -0.1) is 0 Å². The molecule has 1 aliphatic heterocycles. The van der Waals surface area contributed by atoms with E-state index in [1.807, 2.05) is 0 Å². The summed E-state index contributed by atoms with van der Waals surface area (Å²) in [6.45, 7) is 3.03. The molecule has 6 rings (SSSR count). The molecule has 4 aliphatic carbocycles. The zero-order valence-electron chi connectivity index (χ0n) is 23.3. The van der Waals surface area contributed by atoms with Crippen LogP contribution in [0.5, 0.6) is 0 Å². The number of hydrogen-bond donors (Lipinski definition) is 2. The Morgan fingerprint density at radius 3 is 2.51 bits per heavy atom. The number of hydroxylamine groups is 2. The van der Waals surface area contributed by atoms with Gasteiger partial charge >= 0.3 is 0 Å². The van der Waals surface area contributed by atoms with Crippen LogP contribution in [0.25, 0.3) is 0 Å². The van der Waals surface area contributed by atoms with Crippen LogP contribution in [0, 0.1) is 28.6 Å². The van der Waals surface area contributed by atoms with E-state index in [2.05, 4.69) is 0 Å². The lowest BCUT2D eigenvalue weighted by Crippen LogP contribution is -2.69. The van der Waals surface area contributed by atoms with Crippen molar-refractivity contribution in [1.82, 2.24) is 5.06 Å². The Morgan fingerprint density at radius 1 is 1.20 bits per heavy atom. The molecule has 41 heavy (non-hydrogen) atoms. The van der Waals surface area contributed by atoms with Gasteiger partial charge in [0, 0.05) is 54.9 Å². The van der Waals surface area contributed by atoms with Crippen LogP contribution in [0.1, 0.15) is 45.1 Å². The second-order valence-corrected chi connectivity index (χ2v) is 15.0. The minimum atomic E-state index is -3.37. The number of nitrogens with zero attached hydrogens (tertiary/aromatic N) is 1. The van der Waals surface area contributed by atoms with Gasteiger partial charge in [-0.2, -0.15) is 5.06 Å². The van der Waals surface area contributed by atoms with Crippen LogP contribution in [-0.4, -0.2) is 72.0 Å². The van der Waals surface area contributed by atoms with Gasteiger partial charge < -0.3 is 10.2 Å². The number of halogens is 2. The molecule has 1 heterocycles. The van der Waals surface area contributed by atoms with E-state index in [4.69, 9.17) is 4.84 Å². The molecule has 222 valence electrons. The Kier molecular flexibility index (Phi) is 6.39. The summed E-state index contributed by atoms with van der Waals surface area (Å²) in [4.78, 5) is 32.3. The van der Waals surface area contributed by atoms with Gasteiger partial charge in [-0.1, -0.05) is 25.1 Å². The molecular weight excluding hydrogens is 556 g/mol. The van der Waals surface area contributed by atoms with Gasteiger partial charge in [0.25, 0.3) is 0 Å². The average Bonchev–Trinajstić information content (AvgIpc) is 3.38. The molecule has 2 saturated carbocycles. The standard InChI is InChI=1S/C30H35F2NO7S/c1-27-9-8-19(35)11-23(27)24(31)12-22-21-10-18-15-33(14-17-4-6-20(7-5-17)41(3,38)39)40-30(18,26(37)16-34)28(21,2)13-25(36)29(22,27)32/h4-9,18,21-22,25,34,36H,10-16H2,1-3H3/t18-,21-,22-,25-,27-,28-,29-,30-/m0/s1. The molecule has 8 atom stereocenters. The third-order valence-electron chi connectivity index (χ3n) is 11.0. The van der Waals surface area contributed by atoms with Crippen LogP contribution in [-0.2, 0) is 30.8 Å². The third kappa shape index (κ3) is 3.71. The first-order valence-corrected chi connectivity index (χ1v) is 15.8. The number of hydrogen-bond acceptors (Lipinski definition) is 8. The Morgan fingerprint density at radius 2 is 1.88 bits per heavy atom. The molecule has 0 bridgehead atoms. The summed E-state index contributed by atoms with van der Waals surface area (Å²) in [7, 11) is -3.37. The number of aliphatic hydroxyl groups excluding tert-OH is 2. The van der Waals surface area contributed by atoms with Gasteiger partial charge in [-0.25, -0.2) is 17.2 Å². The van der Waals surface area contributed by atoms with Gasteiger partial charge in [0.05, 0.1) is 11.0 Å². The van der Waals surface area contributed by atoms with Gasteiger partial charge in [0.2, 0.25) is 0 Å². The second kappa shape index (κ2) is 9.09. The number of alkyl halides is 1. The van der Waals surface area contributed by atoms with E-state index < -0.39 is 74.0 Å². The third-order valence-corrected chi connectivity index (χ3v) is 12.1. The Labute approximate surface area is 237 Å². The molecule has 1 aromatic carbocycles. The second-order valence-electron chi connectivity index (χ2n) is 13.0.